The van der Waals surface area contributed by atoms with Crippen molar-refractivity contribution in [1.82, 2.24) is 5.32 Å². The van der Waals surface area contributed by atoms with Gasteiger partial charge in [0, 0.05) is 12.4 Å². The highest BCUT2D eigenvalue weighted by atomic mass is 32.1. The number of methoxy groups -OCH3 is 1. The van der Waals surface area contributed by atoms with E-state index in [4.69, 9.17) is 4.74 Å². The van der Waals surface area contributed by atoms with Crippen molar-refractivity contribution < 1.29 is 4.74 Å². The van der Waals surface area contributed by atoms with Crippen LogP contribution in [0.2, 0.25) is 0 Å². The third-order valence-corrected chi connectivity index (χ3v) is 2.58. The lowest BCUT2D eigenvalue weighted by atomic mass is 9.99. The maximum atomic E-state index is 5.33. The Morgan fingerprint density at radius 1 is 1.40 bits per heavy atom. The molecule has 0 aliphatic rings. The molecule has 0 unspecified atom stereocenters. The number of benzene rings is 1. The number of ether oxygens (including phenoxy) is 1. The normalized spacial score (nSPS) is 10.7. The maximum Gasteiger partial charge on any atom is 0.122 e. The summed E-state index contributed by atoms with van der Waals surface area (Å²) >= 11 is 4.12. The highest BCUT2D eigenvalue weighted by molar-refractivity contribution is 7.80. The van der Waals surface area contributed by atoms with E-state index in [1.165, 1.54) is 11.1 Å². The zero-order valence-electron chi connectivity index (χ0n) is 9.58. The lowest BCUT2D eigenvalue weighted by Crippen LogP contribution is -2.10. The lowest BCUT2D eigenvalue weighted by Gasteiger charge is -2.13. The summed E-state index contributed by atoms with van der Waals surface area (Å²) < 4.78 is 5.33. The SMILES string of the molecule is COc1ccc(CNCS)cc1C(C)C. The van der Waals surface area contributed by atoms with Gasteiger partial charge in [0.05, 0.1) is 7.11 Å². The topological polar surface area (TPSA) is 21.3 Å². The van der Waals surface area contributed by atoms with Gasteiger partial charge in [-0.25, -0.2) is 0 Å². The van der Waals surface area contributed by atoms with Crippen LogP contribution in [0.5, 0.6) is 5.75 Å². The maximum absolute atomic E-state index is 5.33. The van der Waals surface area contributed by atoms with Crippen molar-refractivity contribution in [3.8, 4) is 5.75 Å². The molecule has 15 heavy (non-hydrogen) atoms. The molecule has 0 aliphatic heterocycles. The molecule has 0 aliphatic carbocycles. The lowest BCUT2D eigenvalue weighted by molar-refractivity contribution is 0.407. The van der Waals surface area contributed by atoms with Crippen molar-refractivity contribution in [1.29, 1.82) is 0 Å². The van der Waals surface area contributed by atoms with Crippen LogP contribution in [0.3, 0.4) is 0 Å². The average molecular weight is 225 g/mol. The molecule has 1 N–H and O–H groups in total. The summed E-state index contributed by atoms with van der Waals surface area (Å²) in [5.74, 6) is 2.15. The fourth-order valence-electron chi connectivity index (χ4n) is 1.55. The van der Waals surface area contributed by atoms with Crippen molar-refractivity contribution in [3.05, 3.63) is 29.3 Å². The Bertz CT molecular complexity index is 312. The number of nitrogens with one attached hydrogen (secondary N) is 1. The molecule has 0 atom stereocenters. The second-order valence-corrected chi connectivity index (χ2v) is 4.13. The summed E-state index contributed by atoms with van der Waals surface area (Å²) in [6, 6.07) is 6.31. The van der Waals surface area contributed by atoms with Crippen LogP contribution >= 0.6 is 12.6 Å². The quantitative estimate of drug-likeness (QED) is 0.594. The minimum atomic E-state index is 0.482. The Morgan fingerprint density at radius 3 is 2.67 bits per heavy atom. The predicted molar refractivity (Wildman–Crippen MR) is 67.8 cm³/mol. The fraction of sp³-hybridized carbons (Fsp3) is 0.500. The van der Waals surface area contributed by atoms with E-state index in [0.717, 1.165) is 12.3 Å². The predicted octanol–water partition coefficient (Wildman–Crippen LogP) is 2.80. The number of hydrogen-bond acceptors (Lipinski definition) is 3. The number of thiol groups is 1. The molecular weight excluding hydrogens is 206 g/mol. The van der Waals surface area contributed by atoms with Crippen LogP contribution < -0.4 is 10.1 Å². The minimum Gasteiger partial charge on any atom is -0.496 e. The summed E-state index contributed by atoms with van der Waals surface area (Å²) in [5.41, 5.74) is 2.53. The van der Waals surface area contributed by atoms with Crippen LogP contribution in [0.15, 0.2) is 18.2 Å². The molecule has 0 spiro atoms. The van der Waals surface area contributed by atoms with Crippen LogP contribution in [0.25, 0.3) is 0 Å². The summed E-state index contributed by atoms with van der Waals surface area (Å²) in [6.45, 7) is 5.20. The Balaban J connectivity index is 2.89. The zero-order valence-corrected chi connectivity index (χ0v) is 10.5. The summed E-state index contributed by atoms with van der Waals surface area (Å²) in [7, 11) is 1.72. The minimum absolute atomic E-state index is 0.482. The van der Waals surface area contributed by atoms with E-state index in [-0.39, 0.29) is 0 Å². The van der Waals surface area contributed by atoms with E-state index >= 15 is 0 Å². The van der Waals surface area contributed by atoms with Crippen LogP contribution in [-0.2, 0) is 6.54 Å². The Hall–Kier alpha value is -0.670. The van der Waals surface area contributed by atoms with Crippen LogP contribution in [-0.4, -0.2) is 13.0 Å². The third kappa shape index (κ3) is 3.43. The van der Waals surface area contributed by atoms with E-state index in [1.54, 1.807) is 7.11 Å². The molecule has 0 radical (unpaired) electrons. The molecule has 0 saturated heterocycles. The van der Waals surface area contributed by atoms with Gasteiger partial charge < -0.3 is 10.1 Å². The van der Waals surface area contributed by atoms with Crippen molar-refractivity contribution in [2.45, 2.75) is 26.3 Å². The Morgan fingerprint density at radius 2 is 2.13 bits per heavy atom. The molecule has 1 aromatic rings. The van der Waals surface area contributed by atoms with Gasteiger partial charge in [-0.1, -0.05) is 26.0 Å². The van der Waals surface area contributed by atoms with Crippen LogP contribution in [0.1, 0.15) is 30.9 Å². The molecule has 1 aromatic carbocycles. The highest BCUT2D eigenvalue weighted by Crippen LogP contribution is 2.27. The number of hydrogen-bond donors (Lipinski definition) is 2. The second kappa shape index (κ2) is 6.03. The highest BCUT2D eigenvalue weighted by Gasteiger charge is 2.07. The Kier molecular flexibility index (Phi) is 4.99. The molecule has 3 heteroatoms. The van der Waals surface area contributed by atoms with E-state index in [9.17, 15) is 0 Å². The first-order valence-corrected chi connectivity index (χ1v) is 5.80. The first kappa shape index (κ1) is 12.4. The Labute approximate surface area is 97.4 Å². The summed E-state index contributed by atoms with van der Waals surface area (Å²) in [6.07, 6.45) is 0. The van der Waals surface area contributed by atoms with Gasteiger partial charge in [0.25, 0.3) is 0 Å². The van der Waals surface area contributed by atoms with Gasteiger partial charge in [-0.15, -0.1) is 0 Å². The first-order chi connectivity index (χ1) is 7.19. The molecular formula is C12H19NOS. The van der Waals surface area contributed by atoms with Crippen molar-refractivity contribution >= 4 is 12.6 Å². The zero-order chi connectivity index (χ0) is 11.3. The van der Waals surface area contributed by atoms with Gasteiger partial charge in [-0.3, -0.25) is 0 Å². The van der Waals surface area contributed by atoms with E-state index in [1.807, 2.05) is 6.07 Å². The van der Waals surface area contributed by atoms with Gasteiger partial charge in [0.2, 0.25) is 0 Å². The molecule has 1 rings (SSSR count). The third-order valence-electron chi connectivity index (χ3n) is 2.36. The van der Waals surface area contributed by atoms with E-state index < -0.39 is 0 Å². The molecule has 2 nitrogen and oxygen atoms in total. The van der Waals surface area contributed by atoms with Gasteiger partial charge in [-0.05, 0) is 23.1 Å². The second-order valence-electron chi connectivity index (χ2n) is 3.82. The monoisotopic (exact) mass is 225 g/mol. The fourth-order valence-corrected chi connectivity index (χ4v) is 1.66. The van der Waals surface area contributed by atoms with E-state index in [2.05, 4.69) is 43.9 Å². The first-order valence-electron chi connectivity index (χ1n) is 5.17. The average Bonchev–Trinajstić information content (AvgIpc) is 2.25. The van der Waals surface area contributed by atoms with Gasteiger partial charge in [0.15, 0.2) is 0 Å². The molecule has 0 aromatic heterocycles. The van der Waals surface area contributed by atoms with Gasteiger partial charge in [0.1, 0.15) is 5.75 Å². The number of rotatable bonds is 5. The van der Waals surface area contributed by atoms with E-state index in [0.29, 0.717) is 11.8 Å². The molecule has 0 saturated carbocycles. The largest absolute Gasteiger partial charge is 0.496 e. The van der Waals surface area contributed by atoms with Crippen molar-refractivity contribution in [3.63, 3.8) is 0 Å². The van der Waals surface area contributed by atoms with Gasteiger partial charge >= 0.3 is 0 Å². The summed E-state index contributed by atoms with van der Waals surface area (Å²) in [4.78, 5) is 0. The van der Waals surface area contributed by atoms with Crippen LogP contribution in [0, 0.1) is 0 Å². The molecule has 84 valence electrons. The van der Waals surface area contributed by atoms with Crippen LogP contribution in [0.4, 0.5) is 0 Å². The molecule has 0 amide bonds. The van der Waals surface area contributed by atoms with Gasteiger partial charge in [-0.2, -0.15) is 12.6 Å². The molecule has 0 heterocycles. The standard InChI is InChI=1S/C12H19NOS/c1-9(2)11-6-10(7-13-8-15)4-5-12(11)14-3/h4-6,9,13,15H,7-8H2,1-3H3. The van der Waals surface area contributed by atoms with Crippen molar-refractivity contribution in [2.24, 2.45) is 0 Å². The molecule has 0 fully saturated rings. The summed E-state index contributed by atoms with van der Waals surface area (Å²) in [5, 5.41) is 3.19. The smallest absolute Gasteiger partial charge is 0.122 e. The molecule has 0 bridgehead atoms. The van der Waals surface area contributed by atoms with Crippen molar-refractivity contribution in [2.75, 3.05) is 13.0 Å².